The lowest BCUT2D eigenvalue weighted by Crippen LogP contribution is -2.48. The Morgan fingerprint density at radius 2 is 2.04 bits per heavy atom. The number of nitrogens with zero attached hydrogens (tertiary/aromatic N) is 3. The van der Waals surface area contributed by atoms with Crippen LogP contribution in [0.3, 0.4) is 0 Å². The van der Waals surface area contributed by atoms with Crippen molar-refractivity contribution in [3.05, 3.63) is 46.3 Å². The highest BCUT2D eigenvalue weighted by Crippen LogP contribution is 2.23. The lowest BCUT2D eigenvalue weighted by Gasteiger charge is -2.33. The fraction of sp³-hybridized carbons (Fsp3) is 0.353. The van der Waals surface area contributed by atoms with Crippen LogP contribution >= 0.6 is 23.2 Å². The van der Waals surface area contributed by atoms with Crippen molar-refractivity contribution in [2.45, 2.75) is 18.9 Å². The van der Waals surface area contributed by atoms with Crippen molar-refractivity contribution in [3.8, 4) is 5.75 Å². The zero-order chi connectivity index (χ0) is 17.8. The van der Waals surface area contributed by atoms with Crippen LogP contribution in [0.2, 0.25) is 10.3 Å². The minimum atomic E-state index is -0.102. The monoisotopic (exact) mass is 380 g/mol. The third kappa shape index (κ3) is 4.32. The van der Waals surface area contributed by atoms with Gasteiger partial charge >= 0.3 is 0 Å². The van der Waals surface area contributed by atoms with Gasteiger partial charge in [-0.25, -0.2) is 9.97 Å². The maximum Gasteiger partial charge on any atom is 0.251 e. The summed E-state index contributed by atoms with van der Waals surface area (Å²) in [5.74, 6) is 1.28. The molecule has 1 atom stereocenters. The maximum absolute atomic E-state index is 12.4. The molecule has 1 fully saturated rings. The minimum Gasteiger partial charge on any atom is -0.497 e. The predicted molar refractivity (Wildman–Crippen MR) is 97.7 cm³/mol. The molecule has 0 bridgehead atoms. The number of amides is 1. The molecular formula is C17H18Cl2N4O2. The molecule has 6 nitrogen and oxygen atoms in total. The third-order valence-corrected chi connectivity index (χ3v) is 4.75. The highest BCUT2D eigenvalue weighted by Gasteiger charge is 2.23. The van der Waals surface area contributed by atoms with Gasteiger partial charge in [-0.2, -0.15) is 0 Å². The first-order chi connectivity index (χ1) is 12.1. The van der Waals surface area contributed by atoms with E-state index < -0.39 is 0 Å². The number of aromatic nitrogens is 2. The van der Waals surface area contributed by atoms with Gasteiger partial charge in [0, 0.05) is 24.7 Å². The van der Waals surface area contributed by atoms with Crippen molar-refractivity contribution in [2.24, 2.45) is 0 Å². The van der Waals surface area contributed by atoms with E-state index in [0.29, 0.717) is 17.9 Å². The predicted octanol–water partition coefficient (Wildman–Crippen LogP) is 3.19. The van der Waals surface area contributed by atoms with E-state index in [2.05, 4.69) is 20.2 Å². The molecule has 0 saturated carbocycles. The van der Waals surface area contributed by atoms with Crippen LogP contribution in [0.25, 0.3) is 0 Å². The van der Waals surface area contributed by atoms with Gasteiger partial charge in [0.2, 0.25) is 0 Å². The molecule has 1 amide bonds. The first-order valence-electron chi connectivity index (χ1n) is 7.94. The summed E-state index contributed by atoms with van der Waals surface area (Å²) in [7, 11) is 1.59. The molecule has 2 heterocycles. The number of carbonyl (C=O) groups excluding carboxylic acids is 1. The molecule has 1 aliphatic heterocycles. The normalized spacial score (nSPS) is 17.2. The summed E-state index contributed by atoms with van der Waals surface area (Å²) in [6, 6.07) is 7.07. The summed E-state index contributed by atoms with van der Waals surface area (Å²) in [6.45, 7) is 1.48. The number of hydrogen-bond donors (Lipinski definition) is 1. The first-order valence-corrected chi connectivity index (χ1v) is 8.70. The molecule has 1 aromatic heterocycles. The Hall–Kier alpha value is -2.05. The quantitative estimate of drug-likeness (QED) is 0.881. The topological polar surface area (TPSA) is 67.3 Å². The lowest BCUT2D eigenvalue weighted by atomic mass is 10.0. The molecule has 1 saturated heterocycles. The zero-order valence-electron chi connectivity index (χ0n) is 13.7. The molecular weight excluding hydrogens is 363 g/mol. The number of hydrogen-bond acceptors (Lipinski definition) is 5. The zero-order valence-corrected chi connectivity index (χ0v) is 15.2. The summed E-state index contributed by atoms with van der Waals surface area (Å²) >= 11 is 11.8. The molecule has 2 aromatic rings. The second-order valence-corrected chi connectivity index (χ2v) is 6.51. The van der Waals surface area contributed by atoms with Crippen LogP contribution in [-0.2, 0) is 0 Å². The molecule has 0 aliphatic carbocycles. The standard InChI is InChI=1S/C17H18Cl2N4O2/c1-25-13-6-4-11(5-7-13)17(24)21-12-3-2-8-23(10-12)14-9-20-15(18)16(19)22-14/h4-7,9,12H,2-3,8,10H2,1H3,(H,21,24)/t12-/m1/s1. The molecule has 1 aliphatic rings. The van der Waals surface area contributed by atoms with E-state index in [9.17, 15) is 4.79 Å². The second kappa shape index (κ2) is 7.89. The van der Waals surface area contributed by atoms with Gasteiger partial charge in [0.15, 0.2) is 10.3 Å². The Morgan fingerprint density at radius 1 is 1.28 bits per heavy atom. The summed E-state index contributed by atoms with van der Waals surface area (Å²) in [5, 5.41) is 3.44. The highest BCUT2D eigenvalue weighted by molar-refractivity contribution is 6.40. The number of nitrogens with one attached hydrogen (secondary N) is 1. The van der Waals surface area contributed by atoms with E-state index in [0.717, 1.165) is 25.1 Å². The van der Waals surface area contributed by atoms with Gasteiger partial charge in [-0.05, 0) is 37.1 Å². The number of benzene rings is 1. The summed E-state index contributed by atoms with van der Waals surface area (Å²) in [5.41, 5.74) is 0.604. The lowest BCUT2D eigenvalue weighted by molar-refractivity contribution is 0.0933. The number of methoxy groups -OCH3 is 1. The van der Waals surface area contributed by atoms with Gasteiger partial charge in [-0.1, -0.05) is 23.2 Å². The van der Waals surface area contributed by atoms with Gasteiger partial charge in [-0.3, -0.25) is 4.79 Å². The van der Waals surface area contributed by atoms with Crippen LogP contribution < -0.4 is 15.0 Å². The molecule has 8 heteroatoms. The SMILES string of the molecule is COc1ccc(C(=O)N[C@@H]2CCCN(c3cnc(Cl)c(Cl)n3)C2)cc1. The molecule has 1 N–H and O–H groups in total. The minimum absolute atomic E-state index is 0.0274. The second-order valence-electron chi connectivity index (χ2n) is 5.80. The summed E-state index contributed by atoms with van der Waals surface area (Å²) < 4.78 is 5.11. The van der Waals surface area contributed by atoms with Crippen molar-refractivity contribution in [2.75, 3.05) is 25.1 Å². The molecule has 3 rings (SSSR count). The third-order valence-electron chi connectivity index (χ3n) is 4.11. The number of anilines is 1. The molecule has 25 heavy (non-hydrogen) atoms. The van der Waals surface area contributed by atoms with E-state index in [1.807, 2.05) is 0 Å². The molecule has 0 unspecified atom stereocenters. The van der Waals surface area contributed by atoms with E-state index in [4.69, 9.17) is 27.9 Å². The maximum atomic E-state index is 12.4. The molecule has 132 valence electrons. The van der Waals surface area contributed by atoms with Crippen molar-refractivity contribution in [1.82, 2.24) is 15.3 Å². The van der Waals surface area contributed by atoms with E-state index in [-0.39, 0.29) is 22.3 Å². The van der Waals surface area contributed by atoms with Crippen molar-refractivity contribution >= 4 is 34.9 Å². The molecule has 0 spiro atoms. The largest absolute Gasteiger partial charge is 0.497 e. The van der Waals surface area contributed by atoms with Crippen LogP contribution in [-0.4, -0.2) is 42.1 Å². The van der Waals surface area contributed by atoms with Crippen molar-refractivity contribution in [3.63, 3.8) is 0 Å². The average Bonchev–Trinajstić information content (AvgIpc) is 2.64. The fourth-order valence-corrected chi connectivity index (χ4v) is 3.04. The van der Waals surface area contributed by atoms with Gasteiger partial charge in [-0.15, -0.1) is 0 Å². The Labute approximate surface area is 156 Å². The summed E-state index contributed by atoms with van der Waals surface area (Å²) in [6.07, 6.45) is 3.45. The van der Waals surface area contributed by atoms with Crippen LogP contribution in [0.4, 0.5) is 5.82 Å². The van der Waals surface area contributed by atoms with Crippen LogP contribution in [0.5, 0.6) is 5.75 Å². The van der Waals surface area contributed by atoms with Gasteiger partial charge in [0.1, 0.15) is 11.6 Å². The number of rotatable bonds is 4. The van der Waals surface area contributed by atoms with Crippen molar-refractivity contribution < 1.29 is 9.53 Å². The molecule has 0 radical (unpaired) electrons. The van der Waals surface area contributed by atoms with Gasteiger partial charge in [0.25, 0.3) is 5.91 Å². The first kappa shape index (κ1) is 17.8. The van der Waals surface area contributed by atoms with E-state index in [1.165, 1.54) is 0 Å². The Balaban J connectivity index is 1.64. The number of halogens is 2. The van der Waals surface area contributed by atoms with Gasteiger partial charge < -0.3 is 15.0 Å². The van der Waals surface area contributed by atoms with Crippen molar-refractivity contribution in [1.29, 1.82) is 0 Å². The highest BCUT2D eigenvalue weighted by atomic mass is 35.5. The average molecular weight is 381 g/mol. The number of ether oxygens (including phenoxy) is 1. The van der Waals surface area contributed by atoms with E-state index in [1.54, 1.807) is 37.6 Å². The Bertz CT molecular complexity index is 755. The number of carbonyl (C=O) groups is 1. The van der Waals surface area contributed by atoms with Gasteiger partial charge in [0.05, 0.1) is 13.3 Å². The van der Waals surface area contributed by atoms with Crippen LogP contribution in [0, 0.1) is 0 Å². The fourth-order valence-electron chi connectivity index (χ4n) is 2.81. The molecule has 1 aromatic carbocycles. The van der Waals surface area contributed by atoms with E-state index >= 15 is 0 Å². The van der Waals surface area contributed by atoms with Crippen LogP contribution in [0.1, 0.15) is 23.2 Å². The summed E-state index contributed by atoms with van der Waals surface area (Å²) in [4.78, 5) is 22.8. The smallest absolute Gasteiger partial charge is 0.251 e. The Morgan fingerprint density at radius 3 is 2.72 bits per heavy atom. The van der Waals surface area contributed by atoms with Crippen LogP contribution in [0.15, 0.2) is 30.5 Å². The Kier molecular flexibility index (Phi) is 5.60. The number of piperidine rings is 1.